The number of carbonyl (C=O) groups excluding carboxylic acids is 1. The van der Waals surface area contributed by atoms with Gasteiger partial charge in [0, 0.05) is 22.3 Å². The first kappa shape index (κ1) is 15.2. The fourth-order valence-electron chi connectivity index (χ4n) is 2.22. The highest BCUT2D eigenvalue weighted by molar-refractivity contribution is 7.09. The predicted octanol–water partition coefficient (Wildman–Crippen LogP) is 5.07. The van der Waals surface area contributed by atoms with Crippen LogP contribution in [0.4, 0.5) is 16.2 Å². The van der Waals surface area contributed by atoms with E-state index in [9.17, 15) is 4.79 Å². The first-order valence-electron chi connectivity index (χ1n) is 7.28. The summed E-state index contributed by atoms with van der Waals surface area (Å²) < 4.78 is 0. The first-order chi connectivity index (χ1) is 11.1. The van der Waals surface area contributed by atoms with E-state index in [-0.39, 0.29) is 6.03 Å². The summed E-state index contributed by atoms with van der Waals surface area (Å²) in [7, 11) is 0. The van der Waals surface area contributed by atoms with Crippen molar-refractivity contribution >= 4 is 28.7 Å². The summed E-state index contributed by atoms with van der Waals surface area (Å²) in [5, 5.41) is 8.75. The van der Waals surface area contributed by atoms with Crippen LogP contribution in [0.5, 0.6) is 0 Å². The van der Waals surface area contributed by atoms with Gasteiger partial charge in [0.15, 0.2) is 0 Å². The van der Waals surface area contributed by atoms with Gasteiger partial charge < -0.3 is 10.6 Å². The number of hydrogen-bond acceptors (Lipinski definition) is 3. The summed E-state index contributed by atoms with van der Waals surface area (Å²) in [6.07, 6.45) is 0. The smallest absolute Gasteiger partial charge is 0.308 e. The van der Waals surface area contributed by atoms with Gasteiger partial charge in [-0.05, 0) is 37.6 Å². The van der Waals surface area contributed by atoms with Crippen LogP contribution in [0.25, 0.3) is 11.3 Å². The van der Waals surface area contributed by atoms with Gasteiger partial charge in [-0.1, -0.05) is 30.3 Å². The molecule has 0 radical (unpaired) electrons. The Labute approximate surface area is 139 Å². The van der Waals surface area contributed by atoms with Gasteiger partial charge in [-0.2, -0.15) is 0 Å². The maximum absolute atomic E-state index is 12.1. The summed E-state index contributed by atoms with van der Waals surface area (Å²) in [6, 6.07) is 15.1. The average molecular weight is 323 g/mol. The van der Waals surface area contributed by atoms with Crippen LogP contribution in [-0.2, 0) is 0 Å². The molecule has 23 heavy (non-hydrogen) atoms. The van der Waals surface area contributed by atoms with E-state index in [1.165, 1.54) is 0 Å². The van der Waals surface area contributed by atoms with Gasteiger partial charge in [0.05, 0.1) is 10.7 Å². The van der Waals surface area contributed by atoms with Gasteiger partial charge in [-0.15, -0.1) is 11.3 Å². The van der Waals surface area contributed by atoms with Crippen LogP contribution in [0, 0.1) is 13.8 Å². The van der Waals surface area contributed by atoms with Gasteiger partial charge >= 0.3 is 6.03 Å². The van der Waals surface area contributed by atoms with E-state index >= 15 is 0 Å². The van der Waals surface area contributed by atoms with E-state index < -0.39 is 0 Å². The zero-order valence-electron chi connectivity index (χ0n) is 13.0. The number of para-hydroxylation sites is 1. The molecule has 0 aliphatic carbocycles. The summed E-state index contributed by atoms with van der Waals surface area (Å²) in [5.74, 6) is 0. The number of amides is 2. The third-order valence-corrected chi connectivity index (χ3v) is 4.22. The molecule has 2 amide bonds. The largest absolute Gasteiger partial charge is 0.323 e. The van der Waals surface area contributed by atoms with E-state index in [0.29, 0.717) is 0 Å². The highest BCUT2D eigenvalue weighted by Gasteiger charge is 2.06. The Morgan fingerprint density at radius 2 is 1.74 bits per heavy atom. The SMILES string of the molecule is Cc1nc(-c2ccc(NC(=O)Nc3ccccc3C)cc2)cs1. The van der Waals surface area contributed by atoms with E-state index in [2.05, 4.69) is 15.6 Å². The highest BCUT2D eigenvalue weighted by atomic mass is 32.1. The topological polar surface area (TPSA) is 54.0 Å². The lowest BCUT2D eigenvalue weighted by Gasteiger charge is -2.10. The quantitative estimate of drug-likeness (QED) is 0.707. The van der Waals surface area contributed by atoms with E-state index in [4.69, 9.17) is 0 Å². The number of anilines is 2. The summed E-state index contributed by atoms with van der Waals surface area (Å²) in [6.45, 7) is 3.94. The second kappa shape index (κ2) is 6.62. The normalized spacial score (nSPS) is 10.3. The lowest BCUT2D eigenvalue weighted by Crippen LogP contribution is -2.19. The standard InChI is InChI=1S/C18H17N3OS/c1-12-5-3-4-6-16(12)21-18(22)20-15-9-7-14(8-10-15)17-11-23-13(2)19-17/h3-11H,1-2H3,(H2,20,21,22). The van der Waals surface area contributed by atoms with Crippen molar-refractivity contribution in [3.05, 3.63) is 64.5 Å². The van der Waals surface area contributed by atoms with Crippen molar-refractivity contribution in [2.24, 2.45) is 0 Å². The third kappa shape index (κ3) is 3.76. The molecule has 0 saturated carbocycles. The van der Waals surface area contributed by atoms with E-state index in [1.54, 1.807) is 11.3 Å². The van der Waals surface area contributed by atoms with Crippen LogP contribution in [0.3, 0.4) is 0 Å². The molecular formula is C18H17N3OS. The number of benzene rings is 2. The Morgan fingerprint density at radius 1 is 1.00 bits per heavy atom. The number of carbonyl (C=O) groups is 1. The predicted molar refractivity (Wildman–Crippen MR) is 96.1 cm³/mol. The number of hydrogen-bond donors (Lipinski definition) is 2. The molecule has 0 fully saturated rings. The second-order valence-corrected chi connectivity index (χ2v) is 6.29. The molecule has 0 spiro atoms. The molecule has 3 rings (SSSR count). The van der Waals surface area contributed by atoms with Crippen molar-refractivity contribution in [2.45, 2.75) is 13.8 Å². The summed E-state index contributed by atoms with van der Waals surface area (Å²) in [5.41, 5.74) is 4.57. The Balaban J connectivity index is 1.66. The van der Waals surface area contributed by atoms with Gasteiger partial charge in [0.2, 0.25) is 0 Å². The molecule has 2 N–H and O–H groups in total. The first-order valence-corrected chi connectivity index (χ1v) is 8.16. The van der Waals surface area contributed by atoms with Crippen molar-refractivity contribution in [3.63, 3.8) is 0 Å². The van der Waals surface area contributed by atoms with Crippen LogP contribution in [0.2, 0.25) is 0 Å². The van der Waals surface area contributed by atoms with Crippen LogP contribution in [-0.4, -0.2) is 11.0 Å². The summed E-state index contributed by atoms with van der Waals surface area (Å²) >= 11 is 1.63. The minimum absolute atomic E-state index is 0.253. The molecule has 1 heterocycles. The number of nitrogens with one attached hydrogen (secondary N) is 2. The van der Waals surface area contributed by atoms with Crippen molar-refractivity contribution in [2.75, 3.05) is 10.6 Å². The molecule has 1 aromatic heterocycles. The maximum atomic E-state index is 12.1. The maximum Gasteiger partial charge on any atom is 0.323 e. The Morgan fingerprint density at radius 3 is 2.39 bits per heavy atom. The van der Waals surface area contributed by atoms with Crippen LogP contribution < -0.4 is 10.6 Å². The fourth-order valence-corrected chi connectivity index (χ4v) is 2.84. The van der Waals surface area contributed by atoms with Crippen molar-refractivity contribution < 1.29 is 4.79 Å². The fraction of sp³-hybridized carbons (Fsp3) is 0.111. The number of rotatable bonds is 3. The lowest BCUT2D eigenvalue weighted by molar-refractivity contribution is 0.262. The molecule has 0 saturated heterocycles. The van der Waals surface area contributed by atoms with Gasteiger partial charge in [0.1, 0.15) is 0 Å². The molecule has 116 valence electrons. The number of nitrogens with zero attached hydrogens (tertiary/aromatic N) is 1. The second-order valence-electron chi connectivity index (χ2n) is 5.22. The summed E-state index contributed by atoms with van der Waals surface area (Å²) in [4.78, 5) is 16.5. The Hall–Kier alpha value is -2.66. The number of thiazole rings is 1. The molecular weight excluding hydrogens is 306 g/mol. The molecule has 0 bridgehead atoms. The zero-order valence-corrected chi connectivity index (χ0v) is 13.8. The molecule has 2 aromatic carbocycles. The lowest BCUT2D eigenvalue weighted by atomic mass is 10.1. The molecule has 3 aromatic rings. The van der Waals surface area contributed by atoms with Crippen LogP contribution in [0.1, 0.15) is 10.6 Å². The molecule has 0 aliphatic heterocycles. The zero-order chi connectivity index (χ0) is 16.2. The number of aryl methyl sites for hydroxylation is 2. The minimum Gasteiger partial charge on any atom is -0.308 e. The van der Waals surface area contributed by atoms with E-state index in [1.807, 2.05) is 67.8 Å². The molecule has 0 aliphatic rings. The van der Waals surface area contributed by atoms with Crippen LogP contribution >= 0.6 is 11.3 Å². The molecule has 5 heteroatoms. The number of urea groups is 1. The number of aromatic nitrogens is 1. The minimum atomic E-state index is -0.253. The highest BCUT2D eigenvalue weighted by Crippen LogP contribution is 2.23. The van der Waals surface area contributed by atoms with Crippen LogP contribution in [0.15, 0.2) is 53.9 Å². The molecule has 4 nitrogen and oxygen atoms in total. The molecule has 0 atom stereocenters. The van der Waals surface area contributed by atoms with Gasteiger partial charge in [-0.25, -0.2) is 9.78 Å². The van der Waals surface area contributed by atoms with Gasteiger partial charge in [0.25, 0.3) is 0 Å². The van der Waals surface area contributed by atoms with Gasteiger partial charge in [-0.3, -0.25) is 0 Å². The average Bonchev–Trinajstić information content (AvgIpc) is 2.97. The third-order valence-electron chi connectivity index (χ3n) is 3.45. The Kier molecular flexibility index (Phi) is 4.39. The monoisotopic (exact) mass is 323 g/mol. The Bertz CT molecular complexity index is 824. The van der Waals surface area contributed by atoms with Crippen molar-refractivity contribution in [1.29, 1.82) is 0 Å². The van der Waals surface area contributed by atoms with E-state index in [0.717, 1.165) is 33.2 Å². The van der Waals surface area contributed by atoms with Crippen molar-refractivity contribution in [3.8, 4) is 11.3 Å². The van der Waals surface area contributed by atoms with Crippen molar-refractivity contribution in [1.82, 2.24) is 4.98 Å². The molecule has 0 unspecified atom stereocenters.